The normalized spacial score (nSPS) is 11.3. The van der Waals surface area contributed by atoms with Crippen LogP contribution in [-0.4, -0.2) is 5.24 Å². The van der Waals surface area contributed by atoms with Crippen LogP contribution in [0.15, 0.2) is 0 Å². The molecule has 1 nitrogen and oxygen atoms in total. The lowest BCUT2D eigenvalue weighted by molar-refractivity contribution is -0.111. The molecular formula is C30H59ClO. The van der Waals surface area contributed by atoms with Gasteiger partial charge in [0.2, 0.25) is 5.24 Å². The van der Waals surface area contributed by atoms with Gasteiger partial charge in [0.25, 0.3) is 0 Å². The highest BCUT2D eigenvalue weighted by Crippen LogP contribution is 2.16. The second-order valence-corrected chi connectivity index (χ2v) is 10.7. The molecule has 0 aliphatic rings. The first-order chi connectivity index (χ1) is 15.8. The van der Waals surface area contributed by atoms with Crippen molar-refractivity contribution >= 4 is 16.8 Å². The summed E-state index contributed by atoms with van der Waals surface area (Å²) in [7, 11) is 0. The van der Waals surface area contributed by atoms with Crippen molar-refractivity contribution < 1.29 is 4.79 Å². The van der Waals surface area contributed by atoms with Crippen LogP contribution in [0.4, 0.5) is 0 Å². The Hall–Kier alpha value is -0.0400. The summed E-state index contributed by atoms with van der Waals surface area (Å²) in [5.41, 5.74) is 0. The predicted octanol–water partition coefficient (Wildman–Crippen LogP) is 11.7. The van der Waals surface area contributed by atoms with E-state index in [1.54, 1.807) is 0 Å². The molecule has 0 aromatic rings. The van der Waals surface area contributed by atoms with E-state index in [1.807, 2.05) is 0 Å². The SMILES string of the molecule is CCCCCCCCCCCCCCCCCCCCCCCCCCCCCC(=O)Cl. The Morgan fingerprint density at radius 3 is 0.750 bits per heavy atom. The molecule has 0 aliphatic heterocycles. The van der Waals surface area contributed by atoms with Crippen molar-refractivity contribution in [2.24, 2.45) is 0 Å². The van der Waals surface area contributed by atoms with Crippen LogP contribution in [0.25, 0.3) is 0 Å². The number of halogens is 1. The first-order valence-electron chi connectivity index (χ1n) is 15.0. The van der Waals surface area contributed by atoms with Crippen molar-refractivity contribution in [3.05, 3.63) is 0 Å². The Kier molecular flexibility index (Phi) is 29.0. The van der Waals surface area contributed by atoms with Crippen molar-refractivity contribution in [2.45, 2.75) is 187 Å². The van der Waals surface area contributed by atoms with Gasteiger partial charge in [0.05, 0.1) is 0 Å². The van der Waals surface area contributed by atoms with Gasteiger partial charge in [0.1, 0.15) is 0 Å². The van der Waals surface area contributed by atoms with Crippen LogP contribution in [0.1, 0.15) is 187 Å². The molecule has 0 amide bonds. The van der Waals surface area contributed by atoms with Crippen molar-refractivity contribution in [3.63, 3.8) is 0 Å². The van der Waals surface area contributed by atoms with Crippen LogP contribution in [0.2, 0.25) is 0 Å². The standard InChI is InChI=1S/C30H59ClO/c1-2-3-4-5-6-7-8-9-10-11-12-13-14-15-16-17-18-19-20-21-22-23-24-25-26-27-28-29-30(31)32/h2-29H2,1H3. The highest BCUT2D eigenvalue weighted by molar-refractivity contribution is 6.63. The maximum absolute atomic E-state index is 10.7. The molecule has 0 aliphatic carbocycles. The van der Waals surface area contributed by atoms with E-state index >= 15 is 0 Å². The molecule has 0 spiro atoms. The van der Waals surface area contributed by atoms with Gasteiger partial charge in [0.15, 0.2) is 0 Å². The molecule has 0 heterocycles. The monoisotopic (exact) mass is 470 g/mol. The molecule has 0 atom stereocenters. The molecule has 0 saturated carbocycles. The van der Waals surface area contributed by atoms with Crippen LogP contribution in [0.3, 0.4) is 0 Å². The zero-order chi connectivity index (χ0) is 23.4. The van der Waals surface area contributed by atoms with E-state index in [-0.39, 0.29) is 5.24 Å². The Morgan fingerprint density at radius 2 is 0.562 bits per heavy atom. The average molecular weight is 471 g/mol. The summed E-state index contributed by atoms with van der Waals surface area (Å²) in [6.45, 7) is 2.30. The third-order valence-corrected chi connectivity index (χ3v) is 7.17. The van der Waals surface area contributed by atoms with E-state index in [9.17, 15) is 4.79 Å². The summed E-state index contributed by atoms with van der Waals surface area (Å²) >= 11 is 5.35. The fraction of sp³-hybridized carbons (Fsp3) is 0.967. The Labute approximate surface area is 208 Å². The van der Waals surface area contributed by atoms with Gasteiger partial charge in [-0.25, -0.2) is 0 Å². The molecule has 32 heavy (non-hydrogen) atoms. The minimum absolute atomic E-state index is 0.176. The fourth-order valence-corrected chi connectivity index (χ4v) is 4.89. The molecule has 0 unspecified atom stereocenters. The summed E-state index contributed by atoms with van der Waals surface area (Å²) in [6, 6.07) is 0. The number of hydrogen-bond donors (Lipinski definition) is 0. The number of rotatable bonds is 28. The van der Waals surface area contributed by atoms with Gasteiger partial charge in [-0.1, -0.05) is 174 Å². The third kappa shape index (κ3) is 30.0. The molecule has 0 fully saturated rings. The number of carbonyl (C=O) groups is 1. The van der Waals surface area contributed by atoms with Crippen molar-refractivity contribution in [1.29, 1.82) is 0 Å². The molecule has 0 aromatic carbocycles. The fourth-order valence-electron chi connectivity index (χ4n) is 4.76. The predicted molar refractivity (Wildman–Crippen MR) is 146 cm³/mol. The van der Waals surface area contributed by atoms with E-state index < -0.39 is 0 Å². The van der Waals surface area contributed by atoms with Crippen molar-refractivity contribution in [1.82, 2.24) is 0 Å². The summed E-state index contributed by atoms with van der Waals surface area (Å²) in [5, 5.41) is -0.176. The van der Waals surface area contributed by atoms with Gasteiger partial charge >= 0.3 is 0 Å². The van der Waals surface area contributed by atoms with E-state index in [0.717, 1.165) is 12.8 Å². The molecule has 0 N–H and O–H groups in total. The molecule has 192 valence electrons. The largest absolute Gasteiger partial charge is 0.281 e. The molecule has 0 saturated heterocycles. The van der Waals surface area contributed by atoms with Gasteiger partial charge in [0, 0.05) is 6.42 Å². The summed E-state index contributed by atoms with van der Waals surface area (Å²) in [6.07, 6.45) is 38.7. The number of unbranched alkanes of at least 4 members (excludes halogenated alkanes) is 26. The second kappa shape index (κ2) is 29.0. The van der Waals surface area contributed by atoms with Gasteiger partial charge in [-0.2, -0.15) is 0 Å². The van der Waals surface area contributed by atoms with Gasteiger partial charge in [-0.15, -0.1) is 0 Å². The van der Waals surface area contributed by atoms with Crippen LogP contribution >= 0.6 is 11.6 Å². The number of hydrogen-bond acceptors (Lipinski definition) is 1. The minimum Gasteiger partial charge on any atom is -0.281 e. The zero-order valence-corrected chi connectivity index (χ0v) is 22.8. The highest BCUT2D eigenvalue weighted by Gasteiger charge is 1.97. The maximum atomic E-state index is 10.7. The molecular weight excluding hydrogens is 412 g/mol. The van der Waals surface area contributed by atoms with E-state index in [0.29, 0.717) is 6.42 Å². The summed E-state index contributed by atoms with van der Waals surface area (Å²) in [4.78, 5) is 10.7. The molecule has 0 rings (SSSR count). The van der Waals surface area contributed by atoms with E-state index in [1.165, 1.54) is 161 Å². The minimum atomic E-state index is -0.176. The third-order valence-electron chi connectivity index (χ3n) is 6.98. The van der Waals surface area contributed by atoms with Crippen LogP contribution in [-0.2, 0) is 4.79 Å². The lowest BCUT2D eigenvalue weighted by atomic mass is 10.0. The zero-order valence-electron chi connectivity index (χ0n) is 22.1. The molecule has 2 heteroatoms. The van der Waals surface area contributed by atoms with Crippen molar-refractivity contribution in [2.75, 3.05) is 0 Å². The summed E-state index contributed by atoms with van der Waals surface area (Å²) < 4.78 is 0. The van der Waals surface area contributed by atoms with Crippen LogP contribution < -0.4 is 0 Å². The van der Waals surface area contributed by atoms with E-state index in [2.05, 4.69) is 6.92 Å². The van der Waals surface area contributed by atoms with Gasteiger partial charge < -0.3 is 0 Å². The Bertz CT molecular complexity index is 355. The quantitative estimate of drug-likeness (QED) is 0.0819. The number of carbonyl (C=O) groups excluding carboxylic acids is 1. The Balaban J connectivity index is 3.00. The maximum Gasteiger partial charge on any atom is 0.221 e. The second-order valence-electron chi connectivity index (χ2n) is 10.3. The van der Waals surface area contributed by atoms with Gasteiger partial charge in [-0.05, 0) is 18.0 Å². The van der Waals surface area contributed by atoms with Crippen molar-refractivity contribution in [3.8, 4) is 0 Å². The molecule has 0 radical (unpaired) electrons. The topological polar surface area (TPSA) is 17.1 Å². The molecule has 0 aromatic heterocycles. The molecule has 0 bridgehead atoms. The van der Waals surface area contributed by atoms with E-state index in [4.69, 9.17) is 11.6 Å². The first-order valence-corrected chi connectivity index (χ1v) is 15.3. The van der Waals surface area contributed by atoms with Crippen LogP contribution in [0, 0.1) is 0 Å². The highest BCUT2D eigenvalue weighted by atomic mass is 35.5. The lowest BCUT2D eigenvalue weighted by Crippen LogP contribution is -1.86. The average Bonchev–Trinajstić information content (AvgIpc) is 2.78. The van der Waals surface area contributed by atoms with Gasteiger partial charge in [-0.3, -0.25) is 4.79 Å². The summed E-state index contributed by atoms with van der Waals surface area (Å²) in [5.74, 6) is 0. The smallest absolute Gasteiger partial charge is 0.221 e. The lowest BCUT2D eigenvalue weighted by Gasteiger charge is -2.04. The van der Waals surface area contributed by atoms with Crippen LogP contribution in [0.5, 0.6) is 0 Å². The Morgan fingerprint density at radius 1 is 0.375 bits per heavy atom. The first kappa shape index (κ1) is 32.0.